The Morgan fingerprint density at radius 1 is 1.07 bits per heavy atom. The highest BCUT2D eigenvalue weighted by atomic mass is 79.9. The topological polar surface area (TPSA) is 68.1 Å². The van der Waals surface area contributed by atoms with Gasteiger partial charge in [-0.15, -0.1) is 0 Å². The fourth-order valence-corrected chi connectivity index (χ4v) is 4.06. The van der Waals surface area contributed by atoms with Gasteiger partial charge in [-0.2, -0.15) is 13.2 Å². The van der Waals surface area contributed by atoms with Gasteiger partial charge in [-0.05, 0) is 23.8 Å². The van der Waals surface area contributed by atoms with Crippen molar-refractivity contribution in [2.75, 3.05) is 37.9 Å². The molecule has 0 aromatic heterocycles. The minimum Gasteiger partial charge on any atom is -0.454 e. The number of nitro groups is 1. The van der Waals surface area contributed by atoms with Gasteiger partial charge in [0.25, 0.3) is 5.69 Å². The van der Waals surface area contributed by atoms with Gasteiger partial charge in [0.2, 0.25) is 6.79 Å². The lowest BCUT2D eigenvalue weighted by atomic mass is 10.1. The van der Waals surface area contributed by atoms with Crippen LogP contribution in [0, 0.1) is 10.1 Å². The summed E-state index contributed by atoms with van der Waals surface area (Å²) in [5, 5.41) is 10.9. The summed E-state index contributed by atoms with van der Waals surface area (Å²) in [4.78, 5) is 13.8. The lowest BCUT2D eigenvalue weighted by Crippen LogP contribution is -2.46. The number of rotatable bonds is 4. The Morgan fingerprint density at radius 3 is 2.37 bits per heavy atom. The number of anilines is 1. The molecule has 1 saturated heterocycles. The van der Waals surface area contributed by atoms with E-state index < -0.39 is 22.4 Å². The van der Waals surface area contributed by atoms with E-state index in [9.17, 15) is 23.3 Å². The van der Waals surface area contributed by atoms with E-state index >= 15 is 0 Å². The third kappa shape index (κ3) is 4.17. The first-order chi connectivity index (χ1) is 14.2. The van der Waals surface area contributed by atoms with Crippen LogP contribution in [0.15, 0.2) is 34.8 Å². The van der Waals surface area contributed by atoms with E-state index in [0.717, 1.165) is 16.1 Å². The van der Waals surface area contributed by atoms with E-state index in [1.165, 1.54) is 6.07 Å². The number of nitrogens with zero attached hydrogens (tertiary/aromatic N) is 3. The third-order valence-electron chi connectivity index (χ3n) is 5.14. The Morgan fingerprint density at radius 2 is 1.73 bits per heavy atom. The lowest BCUT2D eigenvalue weighted by molar-refractivity contribution is -0.385. The Kier molecular flexibility index (Phi) is 5.49. The number of halogens is 4. The van der Waals surface area contributed by atoms with Gasteiger partial charge in [0.1, 0.15) is 0 Å². The summed E-state index contributed by atoms with van der Waals surface area (Å²) < 4.78 is 52.1. The molecule has 0 aliphatic carbocycles. The summed E-state index contributed by atoms with van der Waals surface area (Å²) in [6.45, 7) is 2.65. The second-order valence-corrected chi connectivity index (χ2v) is 7.87. The number of ether oxygens (including phenoxy) is 2. The standard InChI is InChI=1S/C19H17BrF3N3O4/c20-15-9-18-17(29-11-30-18)7-12(15)10-24-3-5-25(6-4-24)16-2-1-13(26(27)28)8-14(16)19(21,22)23/h1-2,7-9H,3-6,10-11H2. The molecule has 11 heteroatoms. The van der Waals surface area contributed by atoms with Gasteiger partial charge < -0.3 is 14.4 Å². The van der Waals surface area contributed by atoms with E-state index in [-0.39, 0.29) is 12.5 Å². The second-order valence-electron chi connectivity index (χ2n) is 7.02. The van der Waals surface area contributed by atoms with Crippen LogP contribution in [0.4, 0.5) is 24.5 Å². The van der Waals surface area contributed by atoms with Gasteiger partial charge >= 0.3 is 6.18 Å². The fraction of sp³-hybridized carbons (Fsp3) is 0.368. The minimum absolute atomic E-state index is 0.0305. The summed E-state index contributed by atoms with van der Waals surface area (Å²) in [7, 11) is 0. The highest BCUT2D eigenvalue weighted by molar-refractivity contribution is 9.10. The van der Waals surface area contributed by atoms with E-state index in [4.69, 9.17) is 9.47 Å². The van der Waals surface area contributed by atoms with Gasteiger partial charge in [-0.1, -0.05) is 15.9 Å². The van der Waals surface area contributed by atoms with Gasteiger partial charge in [-0.3, -0.25) is 15.0 Å². The number of piperazine rings is 1. The Balaban J connectivity index is 1.47. The first-order valence-electron chi connectivity index (χ1n) is 9.13. The Bertz CT molecular complexity index is 978. The van der Waals surface area contributed by atoms with Crippen LogP contribution in [0.25, 0.3) is 0 Å². The van der Waals surface area contributed by atoms with E-state index in [1.54, 1.807) is 4.90 Å². The van der Waals surface area contributed by atoms with Gasteiger partial charge in [0.15, 0.2) is 11.5 Å². The number of benzene rings is 2. The number of non-ortho nitro benzene ring substituents is 1. The molecule has 7 nitrogen and oxygen atoms in total. The van der Waals surface area contributed by atoms with Crippen molar-refractivity contribution < 1.29 is 27.6 Å². The summed E-state index contributed by atoms with van der Waals surface area (Å²) in [6, 6.07) is 6.65. The van der Waals surface area contributed by atoms with Crippen molar-refractivity contribution in [2.45, 2.75) is 12.7 Å². The maximum absolute atomic E-state index is 13.5. The van der Waals surface area contributed by atoms with Gasteiger partial charge in [0.05, 0.1) is 10.5 Å². The molecule has 30 heavy (non-hydrogen) atoms. The molecule has 0 spiro atoms. The number of nitro benzene ring substituents is 1. The quantitative estimate of drug-likeness (QED) is 0.469. The number of fused-ring (bicyclic) bond motifs is 1. The average molecular weight is 488 g/mol. The molecular weight excluding hydrogens is 471 g/mol. The average Bonchev–Trinajstić information content (AvgIpc) is 3.15. The maximum Gasteiger partial charge on any atom is 0.418 e. The SMILES string of the molecule is O=[N+]([O-])c1ccc(N2CCN(Cc3cc4c(cc3Br)OCO4)CC2)c(C(F)(F)F)c1. The molecule has 0 radical (unpaired) electrons. The summed E-state index contributed by atoms with van der Waals surface area (Å²) in [5.41, 5.74) is -0.586. The monoisotopic (exact) mass is 487 g/mol. The third-order valence-corrected chi connectivity index (χ3v) is 5.88. The van der Waals surface area contributed by atoms with Crippen LogP contribution >= 0.6 is 15.9 Å². The van der Waals surface area contributed by atoms with Crippen molar-refractivity contribution in [3.05, 3.63) is 56.0 Å². The van der Waals surface area contributed by atoms with Crippen LogP contribution in [0.3, 0.4) is 0 Å². The molecule has 4 rings (SSSR count). The minimum atomic E-state index is -4.67. The maximum atomic E-state index is 13.5. The molecule has 0 N–H and O–H groups in total. The molecule has 0 atom stereocenters. The van der Waals surface area contributed by atoms with E-state index in [2.05, 4.69) is 20.8 Å². The Hall–Kier alpha value is -2.53. The van der Waals surface area contributed by atoms with Crippen LogP contribution in [-0.2, 0) is 12.7 Å². The van der Waals surface area contributed by atoms with Crippen molar-refractivity contribution in [3.8, 4) is 11.5 Å². The normalized spacial score (nSPS) is 16.7. The molecule has 0 amide bonds. The summed E-state index contributed by atoms with van der Waals surface area (Å²) in [6.07, 6.45) is -4.67. The summed E-state index contributed by atoms with van der Waals surface area (Å²) in [5.74, 6) is 1.35. The first-order valence-corrected chi connectivity index (χ1v) is 9.92. The molecule has 2 aliphatic rings. The van der Waals surface area contributed by atoms with Crippen LogP contribution in [-0.4, -0.2) is 42.8 Å². The fourth-order valence-electron chi connectivity index (χ4n) is 3.61. The molecule has 2 aliphatic heterocycles. The van der Waals surface area contributed by atoms with Crippen LogP contribution in [0.2, 0.25) is 0 Å². The second kappa shape index (κ2) is 7.95. The molecule has 0 bridgehead atoms. The zero-order valence-corrected chi connectivity index (χ0v) is 17.2. The van der Waals surface area contributed by atoms with Crippen molar-refractivity contribution in [1.82, 2.24) is 4.90 Å². The molecule has 1 fully saturated rings. The highest BCUT2D eigenvalue weighted by Gasteiger charge is 2.37. The van der Waals surface area contributed by atoms with Gasteiger partial charge in [0, 0.05) is 55.0 Å². The van der Waals surface area contributed by atoms with Crippen molar-refractivity contribution in [1.29, 1.82) is 0 Å². The zero-order chi connectivity index (χ0) is 21.5. The lowest BCUT2D eigenvalue weighted by Gasteiger charge is -2.37. The van der Waals surface area contributed by atoms with Crippen LogP contribution in [0.5, 0.6) is 11.5 Å². The van der Waals surface area contributed by atoms with Crippen LogP contribution in [0.1, 0.15) is 11.1 Å². The van der Waals surface area contributed by atoms with Crippen molar-refractivity contribution in [2.24, 2.45) is 0 Å². The molecular formula is C19H17BrF3N3O4. The first kappa shape index (κ1) is 20.7. The van der Waals surface area contributed by atoms with Crippen LogP contribution < -0.4 is 14.4 Å². The molecule has 2 heterocycles. The van der Waals surface area contributed by atoms with Gasteiger partial charge in [-0.25, -0.2) is 0 Å². The van der Waals surface area contributed by atoms with E-state index in [1.807, 2.05) is 12.1 Å². The smallest absolute Gasteiger partial charge is 0.418 e. The molecule has 0 saturated carbocycles. The molecule has 0 unspecified atom stereocenters. The van der Waals surface area contributed by atoms with Crippen molar-refractivity contribution in [3.63, 3.8) is 0 Å². The zero-order valence-electron chi connectivity index (χ0n) is 15.6. The largest absolute Gasteiger partial charge is 0.454 e. The molecule has 160 valence electrons. The van der Waals surface area contributed by atoms with Crippen molar-refractivity contribution >= 4 is 27.3 Å². The highest BCUT2D eigenvalue weighted by Crippen LogP contribution is 2.40. The Labute approximate surface area is 178 Å². The number of hydrogen-bond donors (Lipinski definition) is 0. The predicted molar refractivity (Wildman–Crippen MR) is 106 cm³/mol. The number of hydrogen-bond acceptors (Lipinski definition) is 6. The molecule has 2 aromatic carbocycles. The molecule has 2 aromatic rings. The summed E-state index contributed by atoms with van der Waals surface area (Å²) >= 11 is 3.52. The predicted octanol–water partition coefficient (Wildman–Crippen LogP) is 4.43. The number of alkyl halides is 3. The van der Waals surface area contributed by atoms with E-state index in [0.29, 0.717) is 50.3 Å².